The van der Waals surface area contributed by atoms with Crippen LogP contribution in [0, 0.1) is 0 Å². The summed E-state index contributed by atoms with van der Waals surface area (Å²) in [6.07, 6.45) is 61.8. The molecule has 324 valence electrons. The van der Waals surface area contributed by atoms with E-state index in [2.05, 4.69) is 99.8 Å². The first-order valence-electron chi connectivity index (χ1n) is 22.6. The summed E-state index contributed by atoms with van der Waals surface area (Å²) in [6, 6.07) is 0. The van der Waals surface area contributed by atoms with Gasteiger partial charge in [0.25, 0.3) is 0 Å². The van der Waals surface area contributed by atoms with Crippen LogP contribution in [0.4, 0.5) is 0 Å². The third kappa shape index (κ3) is 42.9. The number of allylic oxidation sites excluding steroid dienone is 20. The van der Waals surface area contributed by atoms with Crippen LogP contribution in [0.3, 0.4) is 0 Å². The van der Waals surface area contributed by atoms with Gasteiger partial charge in [0.1, 0.15) is 13.2 Å². The quantitative estimate of drug-likeness (QED) is 0.0203. The second-order valence-electron chi connectivity index (χ2n) is 14.3. The summed E-state index contributed by atoms with van der Waals surface area (Å²) in [4.78, 5) is 37.8. The van der Waals surface area contributed by atoms with Crippen LogP contribution in [-0.2, 0) is 28.6 Å². The lowest BCUT2D eigenvalue weighted by atomic mass is 10.1. The lowest BCUT2D eigenvalue weighted by molar-refractivity contribution is -0.167. The highest BCUT2D eigenvalue weighted by Gasteiger charge is 2.19. The topological polar surface area (TPSA) is 78.9 Å². The molecular weight excluding hydrogens is 721 g/mol. The third-order valence-corrected chi connectivity index (χ3v) is 8.85. The Hall–Kier alpha value is -4.19. The Morgan fingerprint density at radius 3 is 1.19 bits per heavy atom. The van der Waals surface area contributed by atoms with Crippen molar-refractivity contribution >= 4 is 17.9 Å². The van der Waals surface area contributed by atoms with Gasteiger partial charge < -0.3 is 14.2 Å². The van der Waals surface area contributed by atoms with E-state index in [9.17, 15) is 14.4 Å². The third-order valence-electron chi connectivity index (χ3n) is 8.85. The van der Waals surface area contributed by atoms with Gasteiger partial charge in [-0.25, -0.2) is 0 Å². The Morgan fingerprint density at radius 2 is 0.707 bits per heavy atom. The zero-order chi connectivity index (χ0) is 42.3. The fourth-order valence-corrected chi connectivity index (χ4v) is 5.52. The molecule has 0 aliphatic rings. The molecule has 0 saturated carbocycles. The lowest BCUT2D eigenvalue weighted by Crippen LogP contribution is -2.30. The van der Waals surface area contributed by atoms with Crippen molar-refractivity contribution in [1.29, 1.82) is 0 Å². The summed E-state index contributed by atoms with van der Waals surface area (Å²) in [5, 5.41) is 0. The molecule has 0 amide bonds. The number of ether oxygens (including phenoxy) is 3. The van der Waals surface area contributed by atoms with E-state index in [0.717, 1.165) is 122 Å². The van der Waals surface area contributed by atoms with Crippen LogP contribution in [0.2, 0.25) is 0 Å². The molecule has 1 atom stereocenters. The largest absolute Gasteiger partial charge is 0.462 e. The van der Waals surface area contributed by atoms with Crippen LogP contribution in [0.1, 0.15) is 168 Å². The SMILES string of the molecule is CC\C=C/C=C\C=C/C=C\CCCCCC(=O)OC(COC(=O)CCCCCC/C=C\C/C=C\C/C=C\CC)COC(=O)CCCCCCC\C=C/C=C\C=C/CC. The molecule has 0 N–H and O–H groups in total. The van der Waals surface area contributed by atoms with Gasteiger partial charge in [-0.1, -0.05) is 181 Å². The van der Waals surface area contributed by atoms with Crippen molar-refractivity contribution in [3.63, 3.8) is 0 Å². The van der Waals surface area contributed by atoms with Crippen molar-refractivity contribution in [2.75, 3.05) is 13.2 Å². The summed E-state index contributed by atoms with van der Waals surface area (Å²) >= 11 is 0. The number of esters is 3. The molecule has 0 bridgehead atoms. The molecule has 6 nitrogen and oxygen atoms in total. The molecule has 0 radical (unpaired) electrons. The fraction of sp³-hybridized carbons (Fsp3) is 0.558. The monoisotopic (exact) mass is 801 g/mol. The molecular formula is C52H80O6. The van der Waals surface area contributed by atoms with Gasteiger partial charge in [0.2, 0.25) is 0 Å². The maximum Gasteiger partial charge on any atom is 0.306 e. The summed E-state index contributed by atoms with van der Waals surface area (Å²) in [5.74, 6) is -1.01. The van der Waals surface area contributed by atoms with E-state index in [1.807, 2.05) is 42.5 Å². The number of rotatable bonds is 38. The van der Waals surface area contributed by atoms with Crippen LogP contribution >= 0.6 is 0 Å². The molecule has 0 rings (SSSR count). The molecule has 0 aliphatic heterocycles. The average molecular weight is 801 g/mol. The highest BCUT2D eigenvalue weighted by Crippen LogP contribution is 2.12. The van der Waals surface area contributed by atoms with Gasteiger partial charge in [0.05, 0.1) is 0 Å². The van der Waals surface area contributed by atoms with Gasteiger partial charge in [0.15, 0.2) is 6.10 Å². The molecule has 6 heteroatoms. The van der Waals surface area contributed by atoms with E-state index in [1.165, 1.54) is 0 Å². The standard InChI is InChI=1S/C52H80O6/c1-4-7-10-13-16-19-22-25-28-30-33-36-39-42-45-51(54)57-48-49(58-52(55)46-43-40-37-34-31-27-24-21-18-15-12-9-6-3)47-56-50(53)44-41-38-35-32-29-26-23-20-17-14-11-8-5-2/h7-12,14-21,23-25,27-28,31,49H,4-6,13,22,26,29-30,32-48H2,1-3H3/b10-7-,11-8-,12-9-,17-14-,18-15-,19-16-,23-20-,24-21-,28-25-,31-27-. The number of carbonyl (C=O) groups is 3. The highest BCUT2D eigenvalue weighted by molar-refractivity contribution is 5.71. The second-order valence-corrected chi connectivity index (χ2v) is 14.3. The van der Waals surface area contributed by atoms with E-state index in [0.29, 0.717) is 19.3 Å². The summed E-state index contributed by atoms with van der Waals surface area (Å²) in [6.45, 7) is 6.14. The predicted octanol–water partition coefficient (Wildman–Crippen LogP) is 14.6. The molecule has 0 spiro atoms. The van der Waals surface area contributed by atoms with Crippen LogP contribution in [0.5, 0.6) is 0 Å². The Balaban J connectivity index is 4.55. The number of carbonyl (C=O) groups excluding carboxylic acids is 3. The first-order chi connectivity index (χ1) is 28.5. The maximum absolute atomic E-state index is 12.7. The van der Waals surface area contributed by atoms with E-state index in [-0.39, 0.29) is 37.5 Å². The minimum absolute atomic E-state index is 0.117. The number of hydrogen-bond donors (Lipinski definition) is 0. The second kappa shape index (κ2) is 45.5. The predicted molar refractivity (Wildman–Crippen MR) is 246 cm³/mol. The normalized spacial score (nSPS) is 13.2. The molecule has 0 saturated heterocycles. The lowest BCUT2D eigenvalue weighted by Gasteiger charge is -2.18. The fourth-order valence-electron chi connectivity index (χ4n) is 5.52. The van der Waals surface area contributed by atoms with E-state index in [4.69, 9.17) is 14.2 Å². The molecule has 58 heavy (non-hydrogen) atoms. The van der Waals surface area contributed by atoms with Crippen molar-refractivity contribution in [3.8, 4) is 0 Å². The number of hydrogen-bond acceptors (Lipinski definition) is 6. The minimum atomic E-state index is -0.818. The van der Waals surface area contributed by atoms with Gasteiger partial charge in [-0.3, -0.25) is 14.4 Å². The van der Waals surface area contributed by atoms with Crippen LogP contribution in [-0.4, -0.2) is 37.2 Å². The van der Waals surface area contributed by atoms with Crippen LogP contribution < -0.4 is 0 Å². The zero-order valence-electron chi connectivity index (χ0n) is 36.8. The Kier molecular flexibility index (Phi) is 42.2. The maximum atomic E-state index is 12.7. The van der Waals surface area contributed by atoms with E-state index >= 15 is 0 Å². The molecule has 0 aliphatic carbocycles. The van der Waals surface area contributed by atoms with Crippen molar-refractivity contribution < 1.29 is 28.6 Å². The highest BCUT2D eigenvalue weighted by atomic mass is 16.6. The van der Waals surface area contributed by atoms with Crippen molar-refractivity contribution in [2.24, 2.45) is 0 Å². The first kappa shape index (κ1) is 53.8. The molecule has 0 aromatic heterocycles. The van der Waals surface area contributed by atoms with Crippen molar-refractivity contribution in [3.05, 3.63) is 122 Å². The Morgan fingerprint density at radius 1 is 0.362 bits per heavy atom. The summed E-state index contributed by atoms with van der Waals surface area (Å²) in [5.41, 5.74) is 0. The van der Waals surface area contributed by atoms with Gasteiger partial charge in [0, 0.05) is 19.3 Å². The summed E-state index contributed by atoms with van der Waals surface area (Å²) < 4.78 is 16.6. The van der Waals surface area contributed by atoms with Crippen molar-refractivity contribution in [2.45, 2.75) is 175 Å². The Labute approximate surface area is 354 Å². The average Bonchev–Trinajstić information content (AvgIpc) is 3.22. The van der Waals surface area contributed by atoms with Gasteiger partial charge >= 0.3 is 17.9 Å². The smallest absolute Gasteiger partial charge is 0.306 e. The van der Waals surface area contributed by atoms with Crippen molar-refractivity contribution in [1.82, 2.24) is 0 Å². The van der Waals surface area contributed by atoms with Crippen LogP contribution in [0.15, 0.2) is 122 Å². The molecule has 0 aromatic carbocycles. The molecule has 1 unspecified atom stereocenters. The minimum Gasteiger partial charge on any atom is -0.462 e. The van der Waals surface area contributed by atoms with E-state index in [1.54, 1.807) is 0 Å². The first-order valence-corrected chi connectivity index (χ1v) is 22.6. The molecule has 0 aromatic rings. The molecule has 0 fully saturated rings. The number of unbranched alkanes of at least 4 members (excludes halogenated alkanes) is 12. The Bertz CT molecular complexity index is 1290. The van der Waals surface area contributed by atoms with Gasteiger partial charge in [-0.2, -0.15) is 0 Å². The van der Waals surface area contributed by atoms with E-state index < -0.39 is 6.10 Å². The molecule has 0 heterocycles. The van der Waals surface area contributed by atoms with Gasteiger partial charge in [-0.15, -0.1) is 0 Å². The zero-order valence-corrected chi connectivity index (χ0v) is 36.8. The summed E-state index contributed by atoms with van der Waals surface area (Å²) in [7, 11) is 0. The van der Waals surface area contributed by atoms with Gasteiger partial charge in [-0.05, 0) is 89.9 Å². The van der Waals surface area contributed by atoms with Crippen LogP contribution in [0.25, 0.3) is 0 Å².